The standard InChI is InChI=1S/C23H28N4O7/c24-10-16(29)9-18-22(32)27-19(23(33)34)5-11-3-13(7-15(28)4-11)12-1-2-20(30)14(6-12)8-17(25)21(31)26-18/h1-4,6-7,16-19,28-30H,5,8-10,24-25H2,(H,26,31)(H,27,32)(H,33,34)/t16-,17+,18+,19+/m1/s1. The van der Waals surface area contributed by atoms with Gasteiger partial charge in [0.05, 0.1) is 12.1 Å². The molecule has 0 unspecified atom stereocenters. The fourth-order valence-corrected chi connectivity index (χ4v) is 3.80. The van der Waals surface area contributed by atoms with Crippen LogP contribution in [0, 0.1) is 0 Å². The van der Waals surface area contributed by atoms with Gasteiger partial charge in [-0.2, -0.15) is 0 Å². The Morgan fingerprint density at radius 3 is 2.44 bits per heavy atom. The molecular weight excluding hydrogens is 444 g/mol. The first-order valence-corrected chi connectivity index (χ1v) is 10.7. The Kier molecular flexibility index (Phi) is 7.72. The Hall–Kier alpha value is -3.67. The number of carbonyl (C=O) groups excluding carboxylic acids is 2. The lowest BCUT2D eigenvalue weighted by Crippen LogP contribution is -2.56. The van der Waals surface area contributed by atoms with Crippen molar-refractivity contribution in [2.45, 2.75) is 43.5 Å². The van der Waals surface area contributed by atoms with Gasteiger partial charge < -0.3 is 42.5 Å². The highest BCUT2D eigenvalue weighted by molar-refractivity contribution is 5.92. The molecule has 0 spiro atoms. The van der Waals surface area contributed by atoms with E-state index >= 15 is 0 Å². The fourth-order valence-electron chi connectivity index (χ4n) is 3.80. The number of aliphatic hydroxyl groups excluding tert-OH is 1. The predicted octanol–water partition coefficient (Wildman–Crippen LogP) is -1.05. The van der Waals surface area contributed by atoms with Crippen LogP contribution in [-0.4, -0.2) is 69.0 Å². The monoisotopic (exact) mass is 472 g/mol. The van der Waals surface area contributed by atoms with Crippen molar-refractivity contribution in [1.82, 2.24) is 10.6 Å². The summed E-state index contributed by atoms with van der Waals surface area (Å²) in [6.45, 7) is -0.180. The third kappa shape index (κ3) is 6.01. The van der Waals surface area contributed by atoms with Gasteiger partial charge in [0.1, 0.15) is 23.6 Å². The van der Waals surface area contributed by atoms with Crippen LogP contribution in [0.15, 0.2) is 36.4 Å². The number of rotatable bonds is 4. The van der Waals surface area contributed by atoms with Crippen LogP contribution in [0.25, 0.3) is 11.1 Å². The summed E-state index contributed by atoms with van der Waals surface area (Å²) in [7, 11) is 0. The minimum absolute atomic E-state index is 0.0668. The van der Waals surface area contributed by atoms with E-state index < -0.39 is 42.0 Å². The number of hydrogen-bond acceptors (Lipinski definition) is 8. The van der Waals surface area contributed by atoms with E-state index in [1.54, 1.807) is 18.2 Å². The Balaban J connectivity index is 2.09. The average Bonchev–Trinajstić information content (AvgIpc) is 2.78. The van der Waals surface area contributed by atoms with Gasteiger partial charge in [0.15, 0.2) is 0 Å². The molecule has 4 bridgehead atoms. The van der Waals surface area contributed by atoms with Crippen molar-refractivity contribution in [2.75, 3.05) is 6.54 Å². The number of nitrogens with two attached hydrogens (primary N) is 2. The number of carbonyl (C=O) groups is 3. The molecule has 1 heterocycles. The summed E-state index contributed by atoms with van der Waals surface area (Å²) in [6.07, 6.45) is -1.62. The van der Waals surface area contributed by atoms with E-state index in [9.17, 15) is 34.8 Å². The normalized spacial score (nSPS) is 22.0. The van der Waals surface area contributed by atoms with Crippen LogP contribution in [-0.2, 0) is 27.2 Å². The number of carboxylic acids is 1. The lowest BCUT2D eigenvalue weighted by atomic mass is 9.95. The second kappa shape index (κ2) is 10.5. The topological polar surface area (TPSA) is 208 Å². The predicted molar refractivity (Wildman–Crippen MR) is 122 cm³/mol. The number of phenols is 2. The summed E-state index contributed by atoms with van der Waals surface area (Å²) < 4.78 is 0. The van der Waals surface area contributed by atoms with Crippen LogP contribution < -0.4 is 22.1 Å². The molecule has 0 aliphatic carbocycles. The van der Waals surface area contributed by atoms with Crippen molar-refractivity contribution in [3.63, 3.8) is 0 Å². The largest absolute Gasteiger partial charge is 0.508 e. The molecule has 4 atom stereocenters. The van der Waals surface area contributed by atoms with Gasteiger partial charge in [-0.1, -0.05) is 12.1 Å². The number of carboxylic acid groups (broad SMARTS) is 1. The lowest BCUT2D eigenvalue weighted by molar-refractivity contribution is -0.142. The highest BCUT2D eigenvalue weighted by Crippen LogP contribution is 2.30. The number of phenolic OH excluding ortho intramolecular Hbond substituents is 2. The summed E-state index contributed by atoms with van der Waals surface area (Å²) in [5, 5.41) is 45.0. The molecule has 2 amide bonds. The molecule has 3 rings (SSSR count). The molecule has 182 valence electrons. The van der Waals surface area contributed by atoms with Gasteiger partial charge in [-0.25, -0.2) is 4.79 Å². The van der Waals surface area contributed by atoms with Crippen molar-refractivity contribution in [2.24, 2.45) is 11.5 Å². The number of nitrogens with one attached hydrogen (secondary N) is 2. The van der Waals surface area contributed by atoms with Crippen molar-refractivity contribution in [3.05, 3.63) is 47.5 Å². The molecule has 0 saturated carbocycles. The highest BCUT2D eigenvalue weighted by Gasteiger charge is 2.30. The molecule has 2 aromatic rings. The third-order valence-electron chi connectivity index (χ3n) is 5.63. The second-order valence-corrected chi connectivity index (χ2v) is 8.33. The summed E-state index contributed by atoms with van der Waals surface area (Å²) >= 11 is 0. The average molecular weight is 472 g/mol. The first kappa shape index (κ1) is 25.0. The van der Waals surface area contributed by atoms with E-state index in [-0.39, 0.29) is 37.3 Å². The zero-order valence-electron chi connectivity index (χ0n) is 18.3. The first-order chi connectivity index (χ1) is 16.1. The number of hydrogen-bond donors (Lipinski definition) is 8. The zero-order chi connectivity index (χ0) is 25.0. The number of aliphatic carboxylic acids is 1. The minimum Gasteiger partial charge on any atom is -0.508 e. The van der Waals surface area contributed by atoms with Crippen LogP contribution in [0.2, 0.25) is 0 Å². The Labute approximate surface area is 195 Å². The molecule has 1 aliphatic rings. The van der Waals surface area contributed by atoms with Gasteiger partial charge in [0, 0.05) is 25.8 Å². The van der Waals surface area contributed by atoms with E-state index in [2.05, 4.69) is 10.6 Å². The van der Waals surface area contributed by atoms with Gasteiger partial charge in [0.25, 0.3) is 0 Å². The smallest absolute Gasteiger partial charge is 0.326 e. The second-order valence-electron chi connectivity index (χ2n) is 8.33. The van der Waals surface area contributed by atoms with E-state index in [0.29, 0.717) is 22.3 Å². The van der Waals surface area contributed by atoms with Crippen LogP contribution in [0.5, 0.6) is 11.5 Å². The maximum absolute atomic E-state index is 12.9. The van der Waals surface area contributed by atoms with Crippen molar-refractivity contribution in [1.29, 1.82) is 0 Å². The number of aromatic hydroxyl groups is 2. The van der Waals surface area contributed by atoms with Crippen LogP contribution >= 0.6 is 0 Å². The molecule has 2 aromatic carbocycles. The maximum Gasteiger partial charge on any atom is 0.326 e. The summed E-state index contributed by atoms with van der Waals surface area (Å²) in [5.41, 5.74) is 13.4. The quantitative estimate of drug-likeness (QED) is 0.273. The van der Waals surface area contributed by atoms with Gasteiger partial charge in [0.2, 0.25) is 11.8 Å². The molecule has 10 N–H and O–H groups in total. The molecule has 34 heavy (non-hydrogen) atoms. The molecule has 1 aliphatic heterocycles. The highest BCUT2D eigenvalue weighted by atomic mass is 16.4. The molecule has 11 nitrogen and oxygen atoms in total. The van der Waals surface area contributed by atoms with Gasteiger partial charge in [-0.3, -0.25) is 9.59 Å². The molecule has 0 radical (unpaired) electrons. The molecule has 11 heteroatoms. The van der Waals surface area contributed by atoms with E-state index in [0.717, 1.165) is 0 Å². The molecule has 0 fully saturated rings. The third-order valence-corrected chi connectivity index (χ3v) is 5.63. The summed E-state index contributed by atoms with van der Waals surface area (Å²) in [5.74, 6) is -3.08. The van der Waals surface area contributed by atoms with Gasteiger partial charge in [-0.05, 0) is 46.5 Å². The van der Waals surface area contributed by atoms with E-state index in [4.69, 9.17) is 11.5 Å². The number of aliphatic hydroxyl groups is 1. The molecule has 0 saturated heterocycles. The zero-order valence-corrected chi connectivity index (χ0v) is 18.3. The Morgan fingerprint density at radius 2 is 1.76 bits per heavy atom. The number of fused-ring (bicyclic) bond motifs is 5. The molecule has 0 aromatic heterocycles. The number of benzene rings is 2. The van der Waals surface area contributed by atoms with Gasteiger partial charge in [-0.15, -0.1) is 0 Å². The van der Waals surface area contributed by atoms with Crippen LogP contribution in [0.4, 0.5) is 0 Å². The van der Waals surface area contributed by atoms with Crippen LogP contribution in [0.1, 0.15) is 17.5 Å². The lowest BCUT2D eigenvalue weighted by Gasteiger charge is -2.24. The summed E-state index contributed by atoms with van der Waals surface area (Å²) in [4.78, 5) is 37.5. The fraction of sp³-hybridized carbons (Fsp3) is 0.348. The van der Waals surface area contributed by atoms with Crippen LogP contribution in [0.3, 0.4) is 0 Å². The summed E-state index contributed by atoms with van der Waals surface area (Å²) in [6, 6.07) is 5.35. The van der Waals surface area contributed by atoms with E-state index in [1.807, 2.05) is 0 Å². The minimum atomic E-state index is -1.38. The molecular formula is C23H28N4O7. The maximum atomic E-state index is 12.9. The Bertz CT molecular complexity index is 1090. The first-order valence-electron chi connectivity index (χ1n) is 10.7. The van der Waals surface area contributed by atoms with Crippen molar-refractivity contribution >= 4 is 17.8 Å². The van der Waals surface area contributed by atoms with Crippen molar-refractivity contribution in [3.8, 4) is 22.6 Å². The Morgan fingerprint density at radius 1 is 1.03 bits per heavy atom. The SMILES string of the molecule is NC[C@H](O)C[C@@H]1NC(=O)[C@@H](N)Cc2cc(ccc2O)-c2cc(O)cc(c2)C[C@@H](C(=O)O)NC1=O. The van der Waals surface area contributed by atoms with Gasteiger partial charge >= 0.3 is 5.97 Å². The van der Waals surface area contributed by atoms with Crippen molar-refractivity contribution < 1.29 is 34.8 Å². The number of amides is 2. The van der Waals surface area contributed by atoms with E-state index in [1.165, 1.54) is 18.2 Å².